The van der Waals surface area contributed by atoms with Gasteiger partial charge in [0.15, 0.2) is 0 Å². The number of nitrogens with one attached hydrogen (secondary N) is 1. The molecule has 0 radical (unpaired) electrons. The predicted molar refractivity (Wildman–Crippen MR) is 125 cm³/mol. The Bertz CT molecular complexity index is 949. The van der Waals surface area contributed by atoms with Gasteiger partial charge in [0.05, 0.1) is 17.9 Å². The highest BCUT2D eigenvalue weighted by Gasteiger charge is 2.40. The number of allylic oxidation sites excluding steroid dienone is 5. The molecule has 3 heterocycles. The molecule has 5 nitrogen and oxygen atoms in total. The van der Waals surface area contributed by atoms with Gasteiger partial charge < -0.3 is 10.2 Å². The van der Waals surface area contributed by atoms with Gasteiger partial charge in [-0.3, -0.25) is 14.7 Å². The number of pyridine rings is 1. The third-order valence-electron chi connectivity index (χ3n) is 6.24. The SMILES string of the molecule is C=C(F)/C=C\C(Cc1cnc2c(c1)N(C(=O)CN1C[C@@H](C)NC[C@@H]1C)CC2(C)C)=C(/C)F. The van der Waals surface area contributed by atoms with Crippen molar-refractivity contribution in [2.75, 3.05) is 31.1 Å². The maximum absolute atomic E-state index is 14.0. The number of carbonyl (C=O) groups is 1. The van der Waals surface area contributed by atoms with Crippen LogP contribution in [0.1, 0.15) is 45.9 Å². The van der Waals surface area contributed by atoms with E-state index in [1.165, 1.54) is 13.0 Å². The van der Waals surface area contributed by atoms with Crippen LogP contribution < -0.4 is 10.2 Å². The number of aromatic nitrogens is 1. The minimum Gasteiger partial charge on any atom is -0.311 e. The van der Waals surface area contributed by atoms with Crippen molar-refractivity contribution >= 4 is 11.6 Å². The second-order valence-corrected chi connectivity index (χ2v) is 9.68. The van der Waals surface area contributed by atoms with Gasteiger partial charge in [0.1, 0.15) is 11.7 Å². The standard InChI is InChI=1S/C25H34F2N4O/c1-16(26)7-8-21(19(4)27)9-20-10-22-24(29-12-20)25(5,6)15-31(22)23(32)14-30-13-17(2)28-11-18(30)3/h7-8,10,12,17-18,28H,1,9,11,13-15H2,2-6H3/b8-7-,21-19-/t17-,18+/m1/s1. The van der Waals surface area contributed by atoms with E-state index >= 15 is 0 Å². The Kier molecular flexibility index (Phi) is 7.30. The highest BCUT2D eigenvalue weighted by molar-refractivity contribution is 5.97. The number of anilines is 1. The number of hydrogen-bond acceptors (Lipinski definition) is 4. The topological polar surface area (TPSA) is 48.5 Å². The largest absolute Gasteiger partial charge is 0.311 e. The molecule has 174 valence electrons. The zero-order chi connectivity index (χ0) is 23.6. The second-order valence-electron chi connectivity index (χ2n) is 9.68. The summed E-state index contributed by atoms with van der Waals surface area (Å²) in [7, 11) is 0. The van der Waals surface area contributed by atoms with Crippen LogP contribution in [0.15, 0.2) is 48.2 Å². The van der Waals surface area contributed by atoms with E-state index in [1.54, 1.807) is 6.20 Å². The summed E-state index contributed by atoms with van der Waals surface area (Å²) in [5, 5.41) is 3.44. The molecule has 32 heavy (non-hydrogen) atoms. The molecule has 1 aromatic heterocycles. The Morgan fingerprint density at radius 1 is 1.34 bits per heavy atom. The summed E-state index contributed by atoms with van der Waals surface area (Å²) in [4.78, 5) is 22.0. The summed E-state index contributed by atoms with van der Waals surface area (Å²) in [6.45, 7) is 15.5. The van der Waals surface area contributed by atoms with Gasteiger partial charge in [0.25, 0.3) is 0 Å². The molecule has 2 aliphatic heterocycles. The highest BCUT2D eigenvalue weighted by Crippen LogP contribution is 2.40. The molecule has 1 saturated heterocycles. The van der Waals surface area contributed by atoms with E-state index in [9.17, 15) is 13.6 Å². The van der Waals surface area contributed by atoms with Crippen molar-refractivity contribution in [1.82, 2.24) is 15.2 Å². The summed E-state index contributed by atoms with van der Waals surface area (Å²) in [5.41, 5.74) is 2.50. The maximum atomic E-state index is 14.0. The molecular weight excluding hydrogens is 410 g/mol. The zero-order valence-corrected chi connectivity index (χ0v) is 19.7. The minimum atomic E-state index is -0.634. The molecule has 7 heteroatoms. The molecule has 1 aromatic rings. The molecule has 0 unspecified atom stereocenters. The van der Waals surface area contributed by atoms with E-state index < -0.39 is 11.7 Å². The molecule has 0 bridgehead atoms. The fraction of sp³-hybridized carbons (Fsp3) is 0.520. The third-order valence-corrected chi connectivity index (χ3v) is 6.24. The van der Waals surface area contributed by atoms with E-state index in [0.717, 1.165) is 36.1 Å². The quantitative estimate of drug-likeness (QED) is 0.668. The van der Waals surface area contributed by atoms with Crippen LogP contribution in [-0.2, 0) is 16.6 Å². The number of halogens is 2. The summed E-state index contributed by atoms with van der Waals surface area (Å²) in [6, 6.07) is 2.55. The molecule has 0 saturated carbocycles. The number of amides is 1. The average molecular weight is 445 g/mol. The van der Waals surface area contributed by atoms with Gasteiger partial charge in [-0.05, 0) is 44.1 Å². The normalized spacial score (nSPS) is 23.9. The number of carbonyl (C=O) groups excluding carboxylic acids is 1. The minimum absolute atomic E-state index is 0.0442. The summed E-state index contributed by atoms with van der Waals surface area (Å²) in [5.74, 6) is -0.980. The molecular formula is C25H34F2N4O. The molecule has 0 spiro atoms. The van der Waals surface area contributed by atoms with E-state index in [2.05, 4.69) is 49.5 Å². The number of nitrogens with zero attached hydrogens (tertiary/aromatic N) is 3. The van der Waals surface area contributed by atoms with Crippen molar-refractivity contribution in [3.05, 3.63) is 59.5 Å². The first-order chi connectivity index (χ1) is 15.0. The molecule has 1 fully saturated rings. The Hall–Kier alpha value is -2.38. The van der Waals surface area contributed by atoms with Crippen LogP contribution in [0.5, 0.6) is 0 Å². The lowest BCUT2D eigenvalue weighted by atomic mass is 9.91. The Morgan fingerprint density at radius 3 is 2.72 bits per heavy atom. The van der Waals surface area contributed by atoms with Crippen LogP contribution in [0.25, 0.3) is 0 Å². The van der Waals surface area contributed by atoms with Crippen LogP contribution in [0.4, 0.5) is 14.5 Å². The number of fused-ring (bicyclic) bond motifs is 1. The van der Waals surface area contributed by atoms with Crippen LogP contribution in [0.2, 0.25) is 0 Å². The average Bonchev–Trinajstić information content (AvgIpc) is 2.98. The van der Waals surface area contributed by atoms with Gasteiger partial charge in [0.2, 0.25) is 5.91 Å². The Balaban J connectivity index is 1.85. The molecule has 1 N–H and O–H groups in total. The first kappa shape index (κ1) is 24.3. The molecule has 3 rings (SSSR count). The number of rotatable bonds is 6. The lowest BCUT2D eigenvalue weighted by Gasteiger charge is -2.37. The third kappa shape index (κ3) is 5.51. The van der Waals surface area contributed by atoms with Gasteiger partial charge >= 0.3 is 0 Å². The first-order valence-electron chi connectivity index (χ1n) is 11.1. The van der Waals surface area contributed by atoms with Crippen molar-refractivity contribution in [1.29, 1.82) is 0 Å². The summed E-state index contributed by atoms with van der Waals surface area (Å²) in [6.07, 6.45) is 4.51. The second kappa shape index (κ2) is 9.63. The monoisotopic (exact) mass is 444 g/mol. The predicted octanol–water partition coefficient (Wildman–Crippen LogP) is 4.21. The van der Waals surface area contributed by atoms with E-state index in [-0.39, 0.29) is 23.8 Å². The van der Waals surface area contributed by atoms with Gasteiger partial charge in [-0.25, -0.2) is 8.78 Å². The van der Waals surface area contributed by atoms with Gasteiger partial charge in [-0.15, -0.1) is 0 Å². The summed E-state index contributed by atoms with van der Waals surface area (Å²) >= 11 is 0. The molecule has 0 aliphatic carbocycles. The van der Waals surface area contributed by atoms with Gasteiger partial charge in [0, 0.05) is 49.8 Å². The molecule has 2 aliphatic rings. The van der Waals surface area contributed by atoms with E-state index in [0.29, 0.717) is 24.7 Å². The molecule has 0 aromatic carbocycles. The zero-order valence-electron chi connectivity index (χ0n) is 19.7. The Morgan fingerprint density at radius 2 is 2.06 bits per heavy atom. The van der Waals surface area contributed by atoms with Crippen molar-refractivity contribution in [3.8, 4) is 0 Å². The van der Waals surface area contributed by atoms with Crippen LogP contribution in [0, 0.1) is 0 Å². The summed E-state index contributed by atoms with van der Waals surface area (Å²) < 4.78 is 27.0. The van der Waals surface area contributed by atoms with Crippen molar-refractivity contribution in [3.63, 3.8) is 0 Å². The van der Waals surface area contributed by atoms with Crippen molar-refractivity contribution in [2.45, 2.75) is 58.5 Å². The van der Waals surface area contributed by atoms with Crippen LogP contribution in [-0.4, -0.2) is 54.1 Å². The van der Waals surface area contributed by atoms with Crippen molar-refractivity contribution < 1.29 is 13.6 Å². The van der Waals surface area contributed by atoms with E-state index in [4.69, 9.17) is 0 Å². The molecule has 1 amide bonds. The lowest BCUT2D eigenvalue weighted by molar-refractivity contribution is -0.120. The van der Waals surface area contributed by atoms with Crippen LogP contribution >= 0.6 is 0 Å². The fourth-order valence-electron chi connectivity index (χ4n) is 4.38. The first-order valence-corrected chi connectivity index (χ1v) is 11.1. The van der Waals surface area contributed by atoms with E-state index in [1.807, 2.05) is 11.0 Å². The lowest BCUT2D eigenvalue weighted by Crippen LogP contribution is -2.56. The highest BCUT2D eigenvalue weighted by atomic mass is 19.1. The number of piperazine rings is 1. The fourth-order valence-corrected chi connectivity index (χ4v) is 4.38. The number of hydrogen-bond donors (Lipinski definition) is 1. The maximum Gasteiger partial charge on any atom is 0.241 e. The van der Waals surface area contributed by atoms with Crippen molar-refractivity contribution in [2.24, 2.45) is 0 Å². The van der Waals surface area contributed by atoms with Gasteiger partial charge in [-0.1, -0.05) is 26.5 Å². The Labute approximate surface area is 189 Å². The van der Waals surface area contributed by atoms with Crippen LogP contribution in [0.3, 0.4) is 0 Å². The smallest absolute Gasteiger partial charge is 0.241 e. The van der Waals surface area contributed by atoms with Gasteiger partial charge in [-0.2, -0.15) is 0 Å². The molecule has 2 atom stereocenters.